The molecule has 2 aliphatic heterocycles. The fraction of sp³-hybridized carbons (Fsp3) is 0.533. The number of rotatable bonds is 9. The van der Waals surface area contributed by atoms with E-state index in [4.69, 9.17) is 10.00 Å². The molecule has 3 rings (SSSR count). The molecular formula is C15H17N7NaO5S3+. The van der Waals surface area contributed by atoms with Crippen LogP contribution in [-0.4, -0.2) is 89.2 Å². The van der Waals surface area contributed by atoms with Crippen LogP contribution in [0.4, 0.5) is 0 Å². The predicted octanol–water partition coefficient (Wildman–Crippen LogP) is -3.72. The Morgan fingerprint density at radius 3 is 2.84 bits per heavy atom. The summed E-state index contributed by atoms with van der Waals surface area (Å²) in [4.78, 5) is 38.2. The molecule has 1 aromatic rings. The van der Waals surface area contributed by atoms with E-state index in [1.54, 1.807) is 7.05 Å². The van der Waals surface area contributed by atoms with E-state index in [-0.39, 0.29) is 52.5 Å². The number of carbonyl (C=O) groups is 3. The second-order valence-electron chi connectivity index (χ2n) is 6.11. The number of aryl methyl sites for hydroxylation is 1. The minimum atomic E-state index is -1.64. The molecule has 0 spiro atoms. The van der Waals surface area contributed by atoms with Crippen LogP contribution in [0.2, 0.25) is 0 Å². The molecule has 160 valence electrons. The Hall–Kier alpha value is -1.28. The number of fused-ring (bicyclic) bond motifs is 1. The van der Waals surface area contributed by atoms with Crippen LogP contribution < -0.4 is 34.9 Å². The average Bonchev–Trinajstić information content (AvgIpc) is 3.14. The van der Waals surface area contributed by atoms with Crippen molar-refractivity contribution in [1.82, 2.24) is 30.4 Å². The van der Waals surface area contributed by atoms with Crippen molar-refractivity contribution < 1.29 is 53.8 Å². The Balaban J connectivity index is 0.00000341. The molecule has 1 fully saturated rings. The monoisotopic (exact) mass is 494 g/mol. The number of carboxylic acid groups (broad SMARTS) is 1. The number of nitriles is 1. The Kier molecular flexibility index (Phi) is 9.25. The van der Waals surface area contributed by atoms with Gasteiger partial charge in [-0.05, 0) is 16.0 Å². The zero-order chi connectivity index (χ0) is 21.9. The molecule has 12 nitrogen and oxygen atoms in total. The van der Waals surface area contributed by atoms with Gasteiger partial charge in [0.05, 0.1) is 17.6 Å². The summed E-state index contributed by atoms with van der Waals surface area (Å²) in [5.41, 5.74) is -1.21. The molecular weight excluding hydrogens is 477 g/mol. The second-order valence-corrected chi connectivity index (χ2v) is 9.11. The van der Waals surface area contributed by atoms with Crippen LogP contribution in [-0.2, 0) is 26.2 Å². The molecule has 16 heteroatoms. The molecule has 3 heterocycles. The zero-order valence-corrected chi connectivity index (χ0v) is 21.3. The summed E-state index contributed by atoms with van der Waals surface area (Å²) in [5, 5.41) is 31.8. The van der Waals surface area contributed by atoms with E-state index < -0.39 is 28.9 Å². The Labute approximate surface area is 212 Å². The van der Waals surface area contributed by atoms with Gasteiger partial charge in [-0.15, -0.1) is 28.6 Å². The summed E-state index contributed by atoms with van der Waals surface area (Å²) in [6.07, 6.45) is 0. The van der Waals surface area contributed by atoms with Gasteiger partial charge in [0, 0.05) is 25.7 Å². The van der Waals surface area contributed by atoms with E-state index in [2.05, 4.69) is 20.8 Å². The minimum absolute atomic E-state index is 0. The molecule has 0 radical (unpaired) electrons. The van der Waals surface area contributed by atoms with Gasteiger partial charge in [0.25, 0.3) is 11.6 Å². The third kappa shape index (κ3) is 5.05. The van der Waals surface area contributed by atoms with Crippen LogP contribution in [0.25, 0.3) is 0 Å². The maximum Gasteiger partial charge on any atom is 1.00 e. The summed E-state index contributed by atoms with van der Waals surface area (Å²) >= 11 is 3.67. The van der Waals surface area contributed by atoms with Crippen molar-refractivity contribution in [2.24, 2.45) is 7.05 Å². The number of carboxylic acids is 1. The van der Waals surface area contributed by atoms with Crippen molar-refractivity contribution in [3.05, 3.63) is 11.3 Å². The largest absolute Gasteiger partial charge is 1.00 e. The van der Waals surface area contributed by atoms with Crippen molar-refractivity contribution in [3.8, 4) is 6.07 Å². The molecule has 2 atom stereocenters. The minimum Gasteiger partial charge on any atom is -0.477 e. The number of thioether (sulfide) groups is 3. The number of aliphatic carboxylic acids is 1. The standard InChI is InChI=1S/C15H17N7O5S3.Na/c1-21-14(18-19-20-21)30-6-8-5-29-13-15(27-2,17-9(23)7-28-4-3-16)12(26)22(13)10(8)11(24)25;/h13H,4-7H2,1-2H3,(H,17,23)(H,24,25);/q;+1/t13?,15-;/m0./s1. The van der Waals surface area contributed by atoms with Crippen molar-refractivity contribution in [3.63, 3.8) is 0 Å². The number of nitrogens with one attached hydrogen (secondary N) is 1. The van der Waals surface area contributed by atoms with E-state index in [0.29, 0.717) is 16.5 Å². The molecule has 31 heavy (non-hydrogen) atoms. The van der Waals surface area contributed by atoms with Crippen molar-refractivity contribution in [2.75, 3.05) is 30.1 Å². The van der Waals surface area contributed by atoms with E-state index in [1.807, 2.05) is 6.07 Å². The maximum absolute atomic E-state index is 12.9. The third-order valence-corrected chi connectivity index (χ3v) is 7.59. The van der Waals surface area contributed by atoms with Crippen molar-refractivity contribution in [2.45, 2.75) is 16.3 Å². The Morgan fingerprint density at radius 2 is 2.26 bits per heavy atom. The first-order chi connectivity index (χ1) is 14.4. The number of hydrogen-bond donors (Lipinski definition) is 2. The van der Waals surface area contributed by atoms with Gasteiger partial charge in [0.1, 0.15) is 11.1 Å². The Morgan fingerprint density at radius 1 is 1.52 bits per heavy atom. The van der Waals surface area contributed by atoms with Gasteiger partial charge < -0.3 is 15.2 Å². The molecule has 1 aromatic heterocycles. The van der Waals surface area contributed by atoms with Crippen LogP contribution in [0.15, 0.2) is 16.4 Å². The number of amides is 2. The normalized spacial score (nSPS) is 22.2. The van der Waals surface area contributed by atoms with Crippen LogP contribution >= 0.6 is 35.3 Å². The number of carbonyl (C=O) groups excluding carboxylic acids is 2. The zero-order valence-electron chi connectivity index (χ0n) is 16.9. The smallest absolute Gasteiger partial charge is 0.477 e. The number of ether oxygens (including phenoxy) is 1. The van der Waals surface area contributed by atoms with Gasteiger partial charge in [-0.2, -0.15) is 5.26 Å². The molecule has 2 amide bonds. The Bertz CT molecular complexity index is 952. The summed E-state index contributed by atoms with van der Waals surface area (Å²) in [6.45, 7) is 0. The van der Waals surface area contributed by atoms with E-state index in [0.717, 1.165) is 16.7 Å². The number of aromatic nitrogens is 4. The first-order valence-corrected chi connectivity index (χ1v) is 11.6. The molecule has 2 aliphatic rings. The number of tetrazole rings is 1. The number of hydrogen-bond acceptors (Lipinski definition) is 11. The van der Waals surface area contributed by atoms with Gasteiger partial charge >= 0.3 is 35.5 Å². The van der Waals surface area contributed by atoms with E-state index in [9.17, 15) is 19.5 Å². The first-order valence-electron chi connectivity index (χ1n) is 8.42. The molecule has 0 aliphatic carbocycles. The summed E-state index contributed by atoms with van der Waals surface area (Å²) in [5.74, 6) is -1.61. The van der Waals surface area contributed by atoms with E-state index in [1.165, 1.54) is 35.3 Å². The predicted molar refractivity (Wildman–Crippen MR) is 108 cm³/mol. The van der Waals surface area contributed by atoms with Crippen LogP contribution in [0, 0.1) is 11.3 Å². The van der Waals surface area contributed by atoms with Gasteiger partial charge in [0.2, 0.25) is 11.1 Å². The third-order valence-electron chi connectivity index (χ3n) is 4.32. The average molecular weight is 495 g/mol. The SMILES string of the molecule is CO[C@@]1(NC(=O)CSCC#N)C(=O)N2C(C(=O)O)=C(CSc3nnnn3C)CSC21.[Na+]. The first kappa shape index (κ1) is 26.0. The molecule has 0 saturated carbocycles. The molecule has 1 saturated heterocycles. The fourth-order valence-electron chi connectivity index (χ4n) is 2.98. The van der Waals surface area contributed by atoms with Crippen molar-refractivity contribution in [1.29, 1.82) is 5.26 Å². The van der Waals surface area contributed by atoms with Crippen LogP contribution in [0.3, 0.4) is 0 Å². The second kappa shape index (κ2) is 11.0. The number of methoxy groups -OCH3 is 1. The van der Waals surface area contributed by atoms with Gasteiger partial charge in [-0.3, -0.25) is 14.5 Å². The summed E-state index contributed by atoms with van der Waals surface area (Å²) in [6, 6.07) is 1.92. The number of β-lactam (4-membered cyclic amide) rings is 1. The quantitative estimate of drug-likeness (QED) is 0.114. The summed E-state index contributed by atoms with van der Waals surface area (Å²) in [7, 11) is 2.96. The molecule has 0 aromatic carbocycles. The van der Waals surface area contributed by atoms with E-state index >= 15 is 0 Å². The topological polar surface area (TPSA) is 163 Å². The number of nitrogens with zero attached hydrogens (tertiary/aromatic N) is 6. The molecule has 1 unspecified atom stereocenters. The van der Waals surface area contributed by atoms with Gasteiger partial charge in [-0.25, -0.2) is 9.48 Å². The maximum atomic E-state index is 12.9. The van der Waals surface area contributed by atoms with Gasteiger partial charge in [-0.1, -0.05) is 11.8 Å². The van der Waals surface area contributed by atoms with Crippen molar-refractivity contribution >= 4 is 53.1 Å². The molecule has 2 N–H and O–H groups in total. The van der Waals surface area contributed by atoms with Gasteiger partial charge in [0.15, 0.2) is 0 Å². The van der Waals surface area contributed by atoms with Crippen LogP contribution in [0.5, 0.6) is 0 Å². The molecule has 0 bridgehead atoms. The van der Waals surface area contributed by atoms with Crippen LogP contribution in [0.1, 0.15) is 0 Å². The fourth-order valence-corrected chi connectivity index (χ4v) is 5.86. The summed E-state index contributed by atoms with van der Waals surface area (Å²) < 4.78 is 6.83.